The van der Waals surface area contributed by atoms with Crippen molar-refractivity contribution in [3.8, 4) is 10.4 Å². The zero-order valence-electron chi connectivity index (χ0n) is 13.6. The Kier molecular flexibility index (Phi) is 4.66. The van der Waals surface area contributed by atoms with E-state index in [-0.39, 0.29) is 5.91 Å². The predicted molar refractivity (Wildman–Crippen MR) is 97.0 cm³/mol. The lowest BCUT2D eigenvalue weighted by Gasteiger charge is -2.34. The Morgan fingerprint density at radius 2 is 2.04 bits per heavy atom. The number of nitrogens with zero attached hydrogens (tertiary/aromatic N) is 5. The number of ether oxygens (including phenoxy) is 1. The molecule has 0 aliphatic carbocycles. The van der Waals surface area contributed by atoms with Gasteiger partial charge in [-0.25, -0.2) is 9.67 Å². The lowest BCUT2D eigenvalue weighted by molar-refractivity contribution is -0.130. The first-order chi connectivity index (χ1) is 12.7. The summed E-state index contributed by atoms with van der Waals surface area (Å²) >= 11 is 7.33. The Balaban J connectivity index is 1.56. The van der Waals surface area contributed by atoms with Crippen LogP contribution in [0, 0.1) is 0 Å². The predicted octanol–water partition coefficient (Wildman–Crippen LogP) is 2.59. The molecule has 26 heavy (non-hydrogen) atoms. The maximum Gasteiger partial charge on any atom is 0.254 e. The van der Waals surface area contributed by atoms with Gasteiger partial charge in [-0.05, 0) is 28.1 Å². The zero-order valence-corrected chi connectivity index (χ0v) is 15.2. The minimum Gasteiger partial charge on any atom is -0.381 e. The molecule has 1 aliphatic rings. The van der Waals surface area contributed by atoms with Gasteiger partial charge in [-0.3, -0.25) is 10.1 Å². The molecule has 2 aromatic heterocycles. The van der Waals surface area contributed by atoms with Crippen LogP contribution >= 0.6 is 22.9 Å². The van der Waals surface area contributed by atoms with Crippen LogP contribution in [0.5, 0.6) is 0 Å². The van der Waals surface area contributed by atoms with Crippen molar-refractivity contribution >= 4 is 34.0 Å². The van der Waals surface area contributed by atoms with Gasteiger partial charge in [0.25, 0.3) is 5.91 Å². The number of hydrogen-bond donors (Lipinski definition) is 1. The highest BCUT2D eigenvalue weighted by Crippen LogP contribution is 2.33. The molecule has 1 N–H and O–H groups in total. The molecule has 0 bridgehead atoms. The van der Waals surface area contributed by atoms with Crippen molar-refractivity contribution in [3.63, 3.8) is 0 Å². The van der Waals surface area contributed by atoms with Gasteiger partial charge >= 0.3 is 0 Å². The van der Waals surface area contributed by atoms with Gasteiger partial charge < -0.3 is 4.74 Å². The number of tetrazole rings is 1. The summed E-state index contributed by atoms with van der Waals surface area (Å²) in [5.41, 5.74) is 0.127. The number of carbonyl (C=O) groups is 1. The van der Waals surface area contributed by atoms with E-state index < -0.39 is 5.54 Å². The minimum absolute atomic E-state index is 0.190. The molecule has 10 heteroatoms. The summed E-state index contributed by atoms with van der Waals surface area (Å²) in [6.45, 7) is 0.947. The van der Waals surface area contributed by atoms with Crippen LogP contribution in [0.25, 0.3) is 10.4 Å². The molecule has 1 amide bonds. The first kappa shape index (κ1) is 17.1. The Labute approximate surface area is 158 Å². The molecular formula is C16H15ClN6O2S. The molecule has 1 saturated heterocycles. The number of hydrogen-bond acceptors (Lipinski definition) is 7. The number of thiazole rings is 1. The summed E-state index contributed by atoms with van der Waals surface area (Å²) in [6, 6.07) is 7.48. The maximum atomic E-state index is 13.0. The molecule has 0 unspecified atom stereocenters. The van der Waals surface area contributed by atoms with E-state index in [9.17, 15) is 4.79 Å². The van der Waals surface area contributed by atoms with E-state index in [1.807, 2.05) is 24.3 Å². The molecular weight excluding hydrogens is 376 g/mol. The number of nitrogens with one attached hydrogen (secondary N) is 1. The molecule has 1 fully saturated rings. The van der Waals surface area contributed by atoms with E-state index in [1.54, 1.807) is 6.20 Å². The van der Waals surface area contributed by atoms with Gasteiger partial charge in [-0.15, -0.1) is 5.10 Å². The Bertz CT molecular complexity index is 890. The van der Waals surface area contributed by atoms with Crippen LogP contribution in [0.3, 0.4) is 0 Å². The van der Waals surface area contributed by atoms with Crippen LogP contribution in [0.4, 0.5) is 5.13 Å². The number of halogens is 1. The molecule has 0 radical (unpaired) electrons. The van der Waals surface area contributed by atoms with Crippen molar-refractivity contribution in [1.82, 2.24) is 25.2 Å². The van der Waals surface area contributed by atoms with Gasteiger partial charge in [0, 0.05) is 37.3 Å². The van der Waals surface area contributed by atoms with Crippen LogP contribution in [-0.4, -0.2) is 44.3 Å². The SMILES string of the molecule is O=C(Nc1ncc(-c2ccc(Cl)cc2)s1)C1(n2cnnn2)CCOCC1. The third kappa shape index (κ3) is 3.20. The fourth-order valence-corrected chi connectivity index (χ4v) is 3.86. The molecule has 0 spiro atoms. The second-order valence-electron chi connectivity index (χ2n) is 5.89. The summed E-state index contributed by atoms with van der Waals surface area (Å²) < 4.78 is 6.92. The fourth-order valence-electron chi connectivity index (χ4n) is 2.92. The average molecular weight is 391 g/mol. The summed E-state index contributed by atoms with van der Waals surface area (Å²) in [5, 5.41) is 15.4. The molecule has 0 atom stereocenters. The Hall–Kier alpha value is -2.36. The standard InChI is InChI=1S/C16H15ClN6O2S/c17-12-3-1-11(2-4-12)13-9-18-15(26-13)20-14(24)16(5-7-25-8-6-16)23-10-19-21-22-23/h1-4,9-10H,5-8H2,(H,18,20,24). The number of anilines is 1. The van der Waals surface area contributed by atoms with Crippen molar-refractivity contribution in [2.24, 2.45) is 0 Å². The van der Waals surface area contributed by atoms with Crippen molar-refractivity contribution in [1.29, 1.82) is 0 Å². The van der Waals surface area contributed by atoms with E-state index in [0.717, 1.165) is 10.4 Å². The van der Waals surface area contributed by atoms with Gasteiger partial charge in [0.1, 0.15) is 11.9 Å². The number of amides is 1. The quantitative estimate of drug-likeness (QED) is 0.735. The second kappa shape index (κ2) is 7.10. The topological polar surface area (TPSA) is 94.8 Å². The number of rotatable bonds is 4. The van der Waals surface area contributed by atoms with E-state index in [2.05, 4.69) is 25.8 Å². The van der Waals surface area contributed by atoms with Crippen molar-refractivity contribution < 1.29 is 9.53 Å². The van der Waals surface area contributed by atoms with E-state index in [1.165, 1.54) is 22.3 Å². The highest BCUT2D eigenvalue weighted by atomic mass is 35.5. The monoisotopic (exact) mass is 390 g/mol. The number of aromatic nitrogens is 5. The van der Waals surface area contributed by atoms with E-state index >= 15 is 0 Å². The Morgan fingerprint density at radius 1 is 1.27 bits per heavy atom. The fraction of sp³-hybridized carbons (Fsp3) is 0.312. The van der Waals surface area contributed by atoms with Crippen LogP contribution in [0.2, 0.25) is 5.02 Å². The molecule has 1 aromatic carbocycles. The molecule has 3 heterocycles. The van der Waals surface area contributed by atoms with E-state index in [0.29, 0.717) is 36.2 Å². The molecule has 4 rings (SSSR count). The summed E-state index contributed by atoms with van der Waals surface area (Å²) in [6.07, 6.45) is 4.20. The van der Waals surface area contributed by atoms with E-state index in [4.69, 9.17) is 16.3 Å². The number of carbonyl (C=O) groups excluding carboxylic acids is 1. The lowest BCUT2D eigenvalue weighted by Crippen LogP contribution is -2.49. The summed E-state index contributed by atoms with van der Waals surface area (Å²) in [4.78, 5) is 18.3. The van der Waals surface area contributed by atoms with Gasteiger partial charge in [0.15, 0.2) is 5.13 Å². The number of benzene rings is 1. The van der Waals surface area contributed by atoms with Gasteiger partial charge in [-0.1, -0.05) is 35.1 Å². The molecule has 3 aromatic rings. The van der Waals surface area contributed by atoms with Crippen molar-refractivity contribution in [2.45, 2.75) is 18.4 Å². The van der Waals surface area contributed by atoms with Gasteiger partial charge in [0.2, 0.25) is 0 Å². The smallest absolute Gasteiger partial charge is 0.254 e. The second-order valence-corrected chi connectivity index (χ2v) is 7.36. The van der Waals surface area contributed by atoms with Crippen LogP contribution in [0.15, 0.2) is 36.8 Å². The van der Waals surface area contributed by atoms with Crippen molar-refractivity contribution in [3.05, 3.63) is 41.8 Å². The summed E-state index contributed by atoms with van der Waals surface area (Å²) in [5.74, 6) is -0.190. The highest BCUT2D eigenvalue weighted by molar-refractivity contribution is 7.19. The minimum atomic E-state index is -0.867. The summed E-state index contributed by atoms with van der Waals surface area (Å²) in [7, 11) is 0. The first-order valence-electron chi connectivity index (χ1n) is 8.02. The first-order valence-corrected chi connectivity index (χ1v) is 9.21. The van der Waals surface area contributed by atoms with Crippen LogP contribution in [0.1, 0.15) is 12.8 Å². The molecule has 134 valence electrons. The van der Waals surface area contributed by atoms with Gasteiger partial charge in [0.05, 0.1) is 4.88 Å². The molecule has 8 nitrogen and oxygen atoms in total. The van der Waals surface area contributed by atoms with Crippen LogP contribution < -0.4 is 5.32 Å². The normalized spacial score (nSPS) is 16.3. The van der Waals surface area contributed by atoms with Crippen LogP contribution in [-0.2, 0) is 15.1 Å². The largest absolute Gasteiger partial charge is 0.381 e. The zero-order chi connectivity index (χ0) is 18.0. The Morgan fingerprint density at radius 3 is 2.73 bits per heavy atom. The highest BCUT2D eigenvalue weighted by Gasteiger charge is 2.43. The molecule has 0 saturated carbocycles. The average Bonchev–Trinajstić information content (AvgIpc) is 3.35. The van der Waals surface area contributed by atoms with Crippen molar-refractivity contribution in [2.75, 3.05) is 18.5 Å². The third-order valence-corrected chi connectivity index (χ3v) is 5.60. The maximum absolute atomic E-state index is 13.0. The third-order valence-electron chi connectivity index (χ3n) is 4.39. The van der Waals surface area contributed by atoms with Gasteiger partial charge in [-0.2, -0.15) is 0 Å². The lowest BCUT2D eigenvalue weighted by atomic mass is 9.89. The molecule has 1 aliphatic heterocycles.